The van der Waals surface area contributed by atoms with Crippen LogP contribution in [0.4, 0.5) is 0 Å². The molecule has 5 rings (SSSR count). The quantitative estimate of drug-likeness (QED) is 0.672. The monoisotopic (exact) mass is 424 g/mol. The van der Waals surface area contributed by atoms with Crippen LogP contribution in [0.15, 0.2) is 60.9 Å². The normalized spacial score (nSPS) is 22.4. The molecular weight excluding hydrogens is 400 g/mol. The molecule has 3 heterocycles. The number of benzene rings is 2. The maximum Gasteiger partial charge on any atom is 0.254 e. The summed E-state index contributed by atoms with van der Waals surface area (Å²) >= 11 is 0. The number of rotatable bonds is 4. The van der Waals surface area contributed by atoms with Gasteiger partial charge >= 0.3 is 0 Å². The van der Waals surface area contributed by atoms with Gasteiger partial charge in [0.25, 0.3) is 5.91 Å². The Morgan fingerprint density at radius 1 is 1.13 bits per heavy atom. The molecule has 0 radical (unpaired) electrons. The average molecular weight is 425 g/mol. The number of aromatic amines is 1. The molecule has 2 N–H and O–H groups in total. The standard InChI is InChI=1S/C23H24N4O2.ClH/c1-29-20-7-5-15(6-8-20)22-21-13-24-10-19(21)14-27(22)23(28)17-4-2-3-16(9-17)18-11-25-26-12-18;/h2-9,11-12,19,21-22,24H,10,13-14H2,1H3,(H,25,26);1H/t19-,21-,22-;/m0./s1. The molecule has 3 atom stereocenters. The number of ether oxygens (including phenoxy) is 1. The summed E-state index contributed by atoms with van der Waals surface area (Å²) in [6.07, 6.45) is 3.62. The molecule has 1 amide bonds. The van der Waals surface area contributed by atoms with Crippen molar-refractivity contribution in [1.29, 1.82) is 0 Å². The highest BCUT2D eigenvalue weighted by Crippen LogP contribution is 2.43. The van der Waals surface area contributed by atoms with Gasteiger partial charge in [0, 0.05) is 42.9 Å². The number of likely N-dealkylation sites (tertiary alicyclic amines) is 1. The van der Waals surface area contributed by atoms with Crippen molar-refractivity contribution in [3.63, 3.8) is 0 Å². The maximum atomic E-state index is 13.6. The third-order valence-corrected chi connectivity index (χ3v) is 6.22. The molecule has 2 aliphatic heterocycles. The Labute approximate surface area is 182 Å². The van der Waals surface area contributed by atoms with E-state index in [0.29, 0.717) is 11.8 Å². The van der Waals surface area contributed by atoms with Gasteiger partial charge in [0.05, 0.1) is 19.3 Å². The van der Waals surface area contributed by atoms with E-state index in [9.17, 15) is 4.79 Å². The lowest BCUT2D eigenvalue weighted by Gasteiger charge is -2.29. The highest BCUT2D eigenvalue weighted by molar-refractivity contribution is 5.96. The van der Waals surface area contributed by atoms with E-state index in [1.54, 1.807) is 13.3 Å². The number of nitrogens with one attached hydrogen (secondary N) is 2. The van der Waals surface area contributed by atoms with E-state index < -0.39 is 0 Å². The zero-order valence-corrected chi connectivity index (χ0v) is 17.6. The summed E-state index contributed by atoms with van der Waals surface area (Å²) in [7, 11) is 1.67. The second-order valence-electron chi connectivity index (χ2n) is 7.83. The maximum absolute atomic E-state index is 13.6. The minimum Gasteiger partial charge on any atom is -0.497 e. The number of aromatic nitrogens is 2. The highest BCUT2D eigenvalue weighted by Gasteiger charge is 2.46. The molecule has 0 unspecified atom stereocenters. The van der Waals surface area contributed by atoms with Crippen molar-refractivity contribution in [3.05, 3.63) is 72.1 Å². The third kappa shape index (κ3) is 3.57. The molecule has 7 heteroatoms. The smallest absolute Gasteiger partial charge is 0.254 e. The summed E-state index contributed by atoms with van der Waals surface area (Å²) in [6, 6.07) is 16.0. The number of nitrogens with zero attached hydrogens (tertiary/aromatic N) is 2. The van der Waals surface area contributed by atoms with Crippen LogP contribution >= 0.6 is 12.4 Å². The fourth-order valence-electron chi connectivity index (χ4n) is 4.76. The summed E-state index contributed by atoms with van der Waals surface area (Å²) in [6.45, 7) is 2.69. The average Bonchev–Trinajstić information content (AvgIpc) is 3.50. The molecule has 0 saturated carbocycles. The lowest BCUT2D eigenvalue weighted by atomic mass is 9.89. The van der Waals surface area contributed by atoms with Gasteiger partial charge in [-0.05, 0) is 41.3 Å². The second kappa shape index (κ2) is 8.50. The van der Waals surface area contributed by atoms with E-state index in [1.807, 2.05) is 42.6 Å². The number of hydrogen-bond donors (Lipinski definition) is 2. The molecule has 156 valence electrons. The summed E-state index contributed by atoms with van der Waals surface area (Å²) in [4.78, 5) is 15.6. The number of amides is 1. The molecule has 2 aromatic carbocycles. The first-order valence-electron chi connectivity index (χ1n) is 9.99. The van der Waals surface area contributed by atoms with Gasteiger partial charge in [0.2, 0.25) is 0 Å². The van der Waals surface area contributed by atoms with Gasteiger partial charge in [-0.1, -0.05) is 24.3 Å². The van der Waals surface area contributed by atoms with Crippen molar-refractivity contribution in [1.82, 2.24) is 20.4 Å². The lowest BCUT2D eigenvalue weighted by Crippen LogP contribution is -2.34. The van der Waals surface area contributed by atoms with Crippen molar-refractivity contribution in [2.24, 2.45) is 11.8 Å². The first-order valence-corrected chi connectivity index (χ1v) is 9.99. The van der Waals surface area contributed by atoms with Gasteiger partial charge in [-0.2, -0.15) is 5.10 Å². The predicted molar refractivity (Wildman–Crippen MR) is 118 cm³/mol. The van der Waals surface area contributed by atoms with Crippen LogP contribution < -0.4 is 10.1 Å². The van der Waals surface area contributed by atoms with Crippen LogP contribution in [0, 0.1) is 11.8 Å². The number of carbonyl (C=O) groups excluding carboxylic acids is 1. The number of carbonyl (C=O) groups is 1. The Morgan fingerprint density at radius 2 is 1.97 bits per heavy atom. The van der Waals surface area contributed by atoms with Crippen molar-refractivity contribution >= 4 is 18.3 Å². The van der Waals surface area contributed by atoms with Gasteiger partial charge in [-0.25, -0.2) is 0 Å². The molecule has 0 spiro atoms. The number of methoxy groups -OCH3 is 1. The van der Waals surface area contributed by atoms with Gasteiger partial charge in [-0.3, -0.25) is 9.89 Å². The van der Waals surface area contributed by atoms with E-state index in [4.69, 9.17) is 4.74 Å². The molecular formula is C23H25ClN4O2. The molecule has 6 nitrogen and oxygen atoms in total. The Hall–Kier alpha value is -2.83. The SMILES string of the molecule is COc1ccc([C@H]2[C@H]3CNC[C@H]3CN2C(=O)c2cccc(-c3cn[nH]c3)c2)cc1.Cl. The molecule has 2 fully saturated rings. The van der Waals surface area contributed by atoms with Crippen LogP contribution in [0.2, 0.25) is 0 Å². The fourth-order valence-corrected chi connectivity index (χ4v) is 4.76. The summed E-state index contributed by atoms with van der Waals surface area (Å²) in [5, 5.41) is 10.4. The predicted octanol–water partition coefficient (Wildman–Crippen LogP) is 3.54. The van der Waals surface area contributed by atoms with Gasteiger partial charge in [0.1, 0.15) is 5.75 Å². The van der Waals surface area contributed by atoms with Crippen LogP contribution in [0.1, 0.15) is 22.0 Å². The zero-order valence-electron chi connectivity index (χ0n) is 16.7. The molecule has 3 aromatic rings. The van der Waals surface area contributed by atoms with E-state index in [1.165, 1.54) is 5.56 Å². The van der Waals surface area contributed by atoms with Gasteiger partial charge < -0.3 is 15.0 Å². The first kappa shape index (κ1) is 20.4. The van der Waals surface area contributed by atoms with Crippen molar-refractivity contribution < 1.29 is 9.53 Å². The number of hydrogen-bond acceptors (Lipinski definition) is 4. The zero-order chi connectivity index (χ0) is 19.8. The molecule has 30 heavy (non-hydrogen) atoms. The Balaban J connectivity index is 0.00000218. The molecule has 0 aliphatic carbocycles. The van der Waals surface area contributed by atoms with Crippen LogP contribution in [0.5, 0.6) is 5.75 Å². The topological polar surface area (TPSA) is 70.2 Å². The number of halogens is 1. The van der Waals surface area contributed by atoms with Crippen LogP contribution in [-0.2, 0) is 0 Å². The summed E-state index contributed by atoms with van der Waals surface area (Å²) in [5.74, 6) is 1.84. The second-order valence-corrected chi connectivity index (χ2v) is 7.83. The minimum absolute atomic E-state index is 0. The molecule has 0 bridgehead atoms. The van der Waals surface area contributed by atoms with Crippen LogP contribution in [-0.4, -0.2) is 47.7 Å². The number of H-pyrrole nitrogens is 1. The van der Waals surface area contributed by atoms with E-state index in [0.717, 1.165) is 42.1 Å². The Morgan fingerprint density at radius 3 is 2.70 bits per heavy atom. The Bertz CT molecular complexity index is 1010. The van der Waals surface area contributed by atoms with E-state index in [2.05, 4.69) is 32.5 Å². The van der Waals surface area contributed by atoms with Gasteiger partial charge in [-0.15, -0.1) is 12.4 Å². The van der Waals surface area contributed by atoms with Gasteiger partial charge in [0.15, 0.2) is 0 Å². The molecule has 1 aromatic heterocycles. The molecule has 2 saturated heterocycles. The van der Waals surface area contributed by atoms with Crippen molar-refractivity contribution in [2.75, 3.05) is 26.7 Å². The third-order valence-electron chi connectivity index (χ3n) is 6.22. The lowest BCUT2D eigenvalue weighted by molar-refractivity contribution is 0.0714. The fraction of sp³-hybridized carbons (Fsp3) is 0.304. The van der Waals surface area contributed by atoms with Crippen LogP contribution in [0.3, 0.4) is 0 Å². The van der Waals surface area contributed by atoms with Crippen LogP contribution in [0.25, 0.3) is 11.1 Å². The van der Waals surface area contributed by atoms with E-state index in [-0.39, 0.29) is 24.4 Å². The Kier molecular flexibility index (Phi) is 5.79. The largest absolute Gasteiger partial charge is 0.497 e. The summed E-state index contributed by atoms with van der Waals surface area (Å²) < 4.78 is 5.31. The van der Waals surface area contributed by atoms with Crippen molar-refractivity contribution in [3.8, 4) is 16.9 Å². The minimum atomic E-state index is 0. The van der Waals surface area contributed by atoms with E-state index >= 15 is 0 Å². The molecule has 2 aliphatic rings. The first-order chi connectivity index (χ1) is 14.2. The summed E-state index contributed by atoms with van der Waals surface area (Å²) in [5.41, 5.74) is 3.86. The number of fused-ring (bicyclic) bond motifs is 1. The highest BCUT2D eigenvalue weighted by atomic mass is 35.5. The van der Waals surface area contributed by atoms with Crippen molar-refractivity contribution in [2.45, 2.75) is 6.04 Å².